The average molecular weight is 454 g/mol. The van der Waals surface area contributed by atoms with Crippen molar-refractivity contribution in [2.24, 2.45) is 40.4 Å². The fourth-order valence-corrected chi connectivity index (χ4v) is 10.7. The van der Waals surface area contributed by atoms with Crippen LogP contribution in [0.25, 0.3) is 0 Å². The molecule has 182 valence electrons. The predicted molar refractivity (Wildman–Crippen MR) is 114 cm³/mol. The molecular formula is C24H39NO7. The van der Waals surface area contributed by atoms with Gasteiger partial charge >= 0.3 is 0 Å². The monoisotopic (exact) mass is 453 g/mol. The lowest BCUT2D eigenvalue weighted by atomic mass is 9.43. The molecule has 6 rings (SSSR count). The van der Waals surface area contributed by atoms with Crippen LogP contribution < -0.4 is 0 Å². The Morgan fingerprint density at radius 3 is 2.38 bits per heavy atom. The van der Waals surface area contributed by atoms with Crippen molar-refractivity contribution in [3.8, 4) is 0 Å². The molecule has 8 nitrogen and oxygen atoms in total. The lowest BCUT2D eigenvalue weighted by molar-refractivity contribution is -0.297. The molecule has 8 heteroatoms. The SMILES string of the molecule is CCN1C[C@@]2(COC)CC[C@@H](O)[C@@]34C5C[C@H]6[C@H](OC)[C@@H](O)[C@@](O)(C(C13)[C@@H](OC)[C@@H]24)C5[C@@H]6O. The Kier molecular flexibility index (Phi) is 4.76. The molecule has 5 aliphatic carbocycles. The second-order valence-electron chi connectivity index (χ2n) is 11.6. The summed E-state index contributed by atoms with van der Waals surface area (Å²) < 4.78 is 17.7. The van der Waals surface area contributed by atoms with E-state index in [4.69, 9.17) is 14.2 Å². The number of aliphatic hydroxyl groups excluding tert-OH is 3. The number of hydrogen-bond acceptors (Lipinski definition) is 8. The summed E-state index contributed by atoms with van der Waals surface area (Å²) in [6.07, 6.45) is -1.22. The summed E-state index contributed by atoms with van der Waals surface area (Å²) in [5, 5.41) is 47.3. The molecule has 0 radical (unpaired) electrons. The molecule has 32 heavy (non-hydrogen) atoms. The van der Waals surface area contributed by atoms with Crippen molar-refractivity contribution >= 4 is 0 Å². The van der Waals surface area contributed by atoms with Gasteiger partial charge in [0.25, 0.3) is 0 Å². The molecule has 1 saturated heterocycles. The summed E-state index contributed by atoms with van der Waals surface area (Å²) in [5.74, 6) is -1.29. The highest BCUT2D eigenvalue weighted by atomic mass is 16.5. The van der Waals surface area contributed by atoms with E-state index >= 15 is 0 Å². The highest BCUT2D eigenvalue weighted by Crippen LogP contribution is 2.79. The van der Waals surface area contributed by atoms with Gasteiger partial charge < -0.3 is 34.6 Å². The summed E-state index contributed by atoms with van der Waals surface area (Å²) in [4.78, 5) is 2.42. The third-order valence-electron chi connectivity index (χ3n) is 11.2. The molecule has 4 unspecified atom stereocenters. The number of methoxy groups -OCH3 is 3. The highest BCUT2D eigenvalue weighted by molar-refractivity contribution is 5.36. The molecule has 1 spiro atoms. The van der Waals surface area contributed by atoms with Crippen LogP contribution in [0, 0.1) is 40.4 Å². The zero-order valence-corrected chi connectivity index (χ0v) is 19.6. The molecule has 0 aromatic carbocycles. The fraction of sp³-hybridized carbons (Fsp3) is 1.00. The number of hydrogen-bond donors (Lipinski definition) is 4. The second-order valence-corrected chi connectivity index (χ2v) is 11.6. The van der Waals surface area contributed by atoms with E-state index in [0.717, 1.165) is 19.5 Å². The number of ether oxygens (including phenoxy) is 3. The molecule has 7 bridgehead atoms. The molecule has 4 N–H and O–H groups in total. The van der Waals surface area contributed by atoms with E-state index in [9.17, 15) is 20.4 Å². The van der Waals surface area contributed by atoms with E-state index < -0.39 is 47.3 Å². The van der Waals surface area contributed by atoms with Crippen LogP contribution in [0.2, 0.25) is 0 Å². The first kappa shape index (κ1) is 22.2. The second kappa shape index (κ2) is 6.88. The summed E-state index contributed by atoms with van der Waals surface area (Å²) in [5.41, 5.74) is -2.24. The lowest BCUT2D eigenvalue weighted by Crippen LogP contribution is -2.78. The van der Waals surface area contributed by atoms with E-state index in [0.29, 0.717) is 19.4 Å². The molecule has 1 heterocycles. The van der Waals surface area contributed by atoms with Gasteiger partial charge in [0.1, 0.15) is 11.7 Å². The Morgan fingerprint density at radius 1 is 1.03 bits per heavy atom. The summed E-state index contributed by atoms with van der Waals surface area (Å²) in [7, 11) is 4.98. The average Bonchev–Trinajstić information content (AvgIpc) is 3.19. The smallest absolute Gasteiger partial charge is 0.110 e. The Hall–Kier alpha value is -0.320. The Morgan fingerprint density at radius 2 is 1.75 bits per heavy atom. The zero-order valence-electron chi connectivity index (χ0n) is 19.6. The van der Waals surface area contributed by atoms with Gasteiger partial charge in [0.05, 0.1) is 31.0 Å². The van der Waals surface area contributed by atoms with E-state index in [1.807, 2.05) is 0 Å². The van der Waals surface area contributed by atoms with E-state index in [2.05, 4.69) is 11.8 Å². The van der Waals surface area contributed by atoms with Gasteiger partial charge in [0.2, 0.25) is 0 Å². The number of piperidine rings is 1. The van der Waals surface area contributed by atoms with E-state index in [1.165, 1.54) is 0 Å². The maximum atomic E-state index is 12.5. The zero-order chi connectivity index (χ0) is 22.8. The van der Waals surface area contributed by atoms with Crippen LogP contribution >= 0.6 is 0 Å². The summed E-state index contributed by atoms with van der Waals surface area (Å²) in [6.45, 7) is 4.33. The number of nitrogens with zero attached hydrogens (tertiary/aromatic N) is 1. The van der Waals surface area contributed by atoms with Crippen LogP contribution in [0.1, 0.15) is 26.2 Å². The minimum Gasteiger partial charge on any atom is -0.392 e. The molecule has 0 aromatic heterocycles. The van der Waals surface area contributed by atoms with Gasteiger partial charge in [0, 0.05) is 68.4 Å². The summed E-state index contributed by atoms with van der Waals surface area (Å²) >= 11 is 0. The van der Waals surface area contributed by atoms with Crippen molar-refractivity contribution in [2.75, 3.05) is 41.0 Å². The van der Waals surface area contributed by atoms with Crippen LogP contribution in [-0.2, 0) is 14.2 Å². The molecular weight excluding hydrogens is 414 g/mol. The van der Waals surface area contributed by atoms with Gasteiger partial charge in [-0.3, -0.25) is 4.90 Å². The molecule has 6 aliphatic rings. The number of rotatable bonds is 5. The van der Waals surface area contributed by atoms with Crippen LogP contribution in [0.15, 0.2) is 0 Å². The molecule has 5 saturated carbocycles. The maximum Gasteiger partial charge on any atom is 0.110 e. The predicted octanol–water partition coefficient (Wildman–Crippen LogP) is -0.527. The van der Waals surface area contributed by atoms with Crippen LogP contribution in [-0.4, -0.2) is 109 Å². The Balaban J connectivity index is 1.64. The van der Waals surface area contributed by atoms with Gasteiger partial charge in [-0.15, -0.1) is 0 Å². The first-order valence-electron chi connectivity index (χ1n) is 12.3. The molecule has 6 fully saturated rings. The van der Waals surface area contributed by atoms with Crippen molar-refractivity contribution in [2.45, 2.75) is 68.3 Å². The maximum absolute atomic E-state index is 12.5. The van der Waals surface area contributed by atoms with Gasteiger partial charge in [-0.05, 0) is 31.7 Å². The number of likely N-dealkylation sites (tertiary alicyclic amines) is 1. The lowest BCUT2D eigenvalue weighted by Gasteiger charge is -2.69. The van der Waals surface area contributed by atoms with Gasteiger partial charge in [-0.1, -0.05) is 6.92 Å². The van der Waals surface area contributed by atoms with Crippen LogP contribution in [0.4, 0.5) is 0 Å². The Bertz CT molecular complexity index is 783. The van der Waals surface area contributed by atoms with Crippen LogP contribution in [0.5, 0.6) is 0 Å². The van der Waals surface area contributed by atoms with Gasteiger partial charge in [-0.25, -0.2) is 0 Å². The van der Waals surface area contributed by atoms with Crippen molar-refractivity contribution in [3.05, 3.63) is 0 Å². The van der Waals surface area contributed by atoms with E-state index in [-0.39, 0.29) is 35.3 Å². The molecule has 14 atom stereocenters. The fourth-order valence-electron chi connectivity index (χ4n) is 10.7. The van der Waals surface area contributed by atoms with Crippen molar-refractivity contribution in [1.82, 2.24) is 4.90 Å². The minimum absolute atomic E-state index is 0.000250. The van der Waals surface area contributed by atoms with Crippen molar-refractivity contribution in [1.29, 1.82) is 0 Å². The Labute approximate surface area is 189 Å². The number of fused-ring (bicyclic) bond motifs is 2. The topological polar surface area (TPSA) is 112 Å². The molecule has 1 aliphatic heterocycles. The first-order chi connectivity index (χ1) is 15.3. The van der Waals surface area contributed by atoms with Crippen molar-refractivity contribution < 1.29 is 34.6 Å². The largest absolute Gasteiger partial charge is 0.392 e. The first-order valence-corrected chi connectivity index (χ1v) is 12.3. The minimum atomic E-state index is -1.54. The van der Waals surface area contributed by atoms with Gasteiger partial charge in [-0.2, -0.15) is 0 Å². The third kappa shape index (κ3) is 2.07. The van der Waals surface area contributed by atoms with Crippen molar-refractivity contribution in [3.63, 3.8) is 0 Å². The standard InChI is InChI=1S/C24H39NO7/c1-5-25-9-22(10-30-2)7-6-13(26)23-12-8-11-16(27)14(12)24(29,21(28)17(11)31-3)15(20(23)25)18(32-4)19(22)23/h11-21,26-29H,5-10H2,1-4H3/t11-,12?,13-,14?,15?,16-,17+,18-,19+,20?,21-,22-,23-,24+/m1/s1. The third-order valence-corrected chi connectivity index (χ3v) is 11.2. The van der Waals surface area contributed by atoms with Crippen LogP contribution in [0.3, 0.4) is 0 Å². The molecule has 0 amide bonds. The molecule has 0 aromatic rings. The quantitative estimate of drug-likeness (QED) is 0.440. The number of aliphatic hydroxyl groups is 4. The normalized spacial score (nSPS) is 62.4. The highest BCUT2D eigenvalue weighted by Gasteiger charge is 2.87. The van der Waals surface area contributed by atoms with Gasteiger partial charge in [0.15, 0.2) is 0 Å². The summed E-state index contributed by atoms with van der Waals surface area (Å²) in [6, 6.07) is -0.120. The van der Waals surface area contributed by atoms with E-state index in [1.54, 1.807) is 21.3 Å².